The van der Waals surface area contributed by atoms with Crippen molar-refractivity contribution in [3.05, 3.63) is 63.6 Å². The van der Waals surface area contributed by atoms with Gasteiger partial charge in [-0.1, -0.05) is 53.5 Å². The summed E-state index contributed by atoms with van der Waals surface area (Å²) in [5.41, 5.74) is 1.67. The van der Waals surface area contributed by atoms with Crippen LogP contribution in [0, 0.1) is 0 Å². The third-order valence-electron chi connectivity index (χ3n) is 2.59. The van der Waals surface area contributed by atoms with Crippen molar-refractivity contribution in [3.63, 3.8) is 0 Å². The van der Waals surface area contributed by atoms with E-state index in [1.165, 1.54) is 0 Å². The van der Waals surface area contributed by atoms with Gasteiger partial charge in [0, 0.05) is 23.2 Å². The molecule has 0 unspecified atom stereocenters. The Hall–Kier alpha value is -1.51. The molecule has 0 heterocycles. The number of rotatable bonds is 3. The summed E-state index contributed by atoms with van der Waals surface area (Å²) in [6.07, 6.45) is 0. The van der Waals surface area contributed by atoms with Crippen LogP contribution in [0.2, 0.25) is 10.0 Å². The van der Waals surface area contributed by atoms with E-state index in [1.54, 1.807) is 31.3 Å². The zero-order valence-electron chi connectivity index (χ0n) is 9.71. The second-order valence-electron chi connectivity index (χ2n) is 3.76. The molecule has 0 amide bonds. The minimum Gasteiger partial charge on any atom is -0.386 e. The molecule has 18 heavy (non-hydrogen) atoms. The molecule has 0 aliphatic carbocycles. The van der Waals surface area contributed by atoms with Crippen LogP contribution in [0.1, 0.15) is 15.9 Å². The predicted octanol–water partition coefficient (Wildman–Crippen LogP) is 4.27. The van der Waals surface area contributed by atoms with Crippen LogP contribution in [0.15, 0.2) is 42.5 Å². The van der Waals surface area contributed by atoms with Crippen LogP contribution in [-0.2, 0) is 0 Å². The van der Waals surface area contributed by atoms with Crippen molar-refractivity contribution in [3.8, 4) is 0 Å². The number of hydrogen-bond donors (Lipinski definition) is 1. The molecule has 0 fully saturated rings. The minimum atomic E-state index is -0.107. The Bertz CT molecular complexity index is 582. The first-order chi connectivity index (χ1) is 8.63. The van der Waals surface area contributed by atoms with Gasteiger partial charge in [0.05, 0.1) is 10.7 Å². The monoisotopic (exact) mass is 279 g/mol. The molecule has 0 aliphatic rings. The van der Waals surface area contributed by atoms with Crippen LogP contribution in [0.3, 0.4) is 0 Å². The highest BCUT2D eigenvalue weighted by Crippen LogP contribution is 2.31. The van der Waals surface area contributed by atoms with Gasteiger partial charge in [-0.25, -0.2) is 0 Å². The van der Waals surface area contributed by atoms with Crippen LogP contribution in [-0.4, -0.2) is 12.8 Å². The highest BCUT2D eigenvalue weighted by Gasteiger charge is 2.16. The molecule has 0 spiro atoms. The van der Waals surface area contributed by atoms with E-state index in [2.05, 4.69) is 5.32 Å². The molecular weight excluding hydrogens is 269 g/mol. The summed E-state index contributed by atoms with van der Waals surface area (Å²) in [4.78, 5) is 12.4. The van der Waals surface area contributed by atoms with E-state index in [-0.39, 0.29) is 5.78 Å². The molecule has 0 saturated heterocycles. The molecule has 1 N–H and O–H groups in total. The molecule has 2 nitrogen and oxygen atoms in total. The van der Waals surface area contributed by atoms with Crippen LogP contribution >= 0.6 is 23.2 Å². The van der Waals surface area contributed by atoms with Gasteiger partial charge >= 0.3 is 0 Å². The fourth-order valence-electron chi connectivity index (χ4n) is 1.75. The number of carbonyl (C=O) groups excluding carboxylic acids is 1. The van der Waals surface area contributed by atoms with E-state index in [0.717, 1.165) is 0 Å². The van der Waals surface area contributed by atoms with Gasteiger partial charge in [0.2, 0.25) is 0 Å². The van der Waals surface area contributed by atoms with Crippen molar-refractivity contribution in [1.29, 1.82) is 0 Å². The quantitative estimate of drug-likeness (QED) is 0.851. The van der Waals surface area contributed by atoms with E-state index in [4.69, 9.17) is 23.2 Å². The van der Waals surface area contributed by atoms with Crippen LogP contribution in [0.4, 0.5) is 5.69 Å². The van der Waals surface area contributed by atoms with E-state index in [9.17, 15) is 4.79 Å². The highest BCUT2D eigenvalue weighted by molar-refractivity contribution is 6.38. The maximum absolute atomic E-state index is 12.4. The summed E-state index contributed by atoms with van der Waals surface area (Å²) in [6, 6.07) is 12.2. The summed E-state index contributed by atoms with van der Waals surface area (Å²) < 4.78 is 0. The normalized spacial score (nSPS) is 10.2. The molecule has 0 saturated carbocycles. The average molecular weight is 280 g/mol. The Balaban J connectivity index is 2.54. The lowest BCUT2D eigenvalue weighted by molar-refractivity contribution is 0.103. The van der Waals surface area contributed by atoms with Crippen LogP contribution in [0.25, 0.3) is 0 Å². The predicted molar refractivity (Wildman–Crippen MR) is 75.9 cm³/mol. The van der Waals surface area contributed by atoms with Gasteiger partial charge in [-0.3, -0.25) is 4.79 Å². The van der Waals surface area contributed by atoms with E-state index in [0.29, 0.717) is 26.9 Å². The Kier molecular flexibility index (Phi) is 3.90. The van der Waals surface area contributed by atoms with Crippen molar-refractivity contribution in [2.24, 2.45) is 0 Å². The maximum atomic E-state index is 12.4. The summed E-state index contributed by atoms with van der Waals surface area (Å²) >= 11 is 12.0. The smallest absolute Gasteiger partial charge is 0.195 e. The van der Waals surface area contributed by atoms with Crippen molar-refractivity contribution in [2.45, 2.75) is 0 Å². The third-order valence-corrected chi connectivity index (χ3v) is 3.10. The summed E-state index contributed by atoms with van der Waals surface area (Å²) in [7, 11) is 1.72. The lowest BCUT2D eigenvalue weighted by Gasteiger charge is -2.11. The summed E-state index contributed by atoms with van der Waals surface area (Å²) in [6.45, 7) is 0. The Labute approximate surface area is 116 Å². The number of benzene rings is 2. The first kappa shape index (κ1) is 12.9. The number of nitrogens with one attached hydrogen (secondary N) is 1. The van der Waals surface area contributed by atoms with Gasteiger partial charge in [-0.05, 0) is 12.1 Å². The van der Waals surface area contributed by atoms with Crippen LogP contribution < -0.4 is 5.32 Å². The van der Waals surface area contributed by atoms with Crippen molar-refractivity contribution in [2.75, 3.05) is 12.4 Å². The number of halogens is 2. The molecule has 2 aromatic carbocycles. The Morgan fingerprint density at radius 1 is 1.11 bits per heavy atom. The third kappa shape index (κ3) is 2.50. The van der Waals surface area contributed by atoms with Gasteiger partial charge in [0.15, 0.2) is 5.78 Å². The number of anilines is 1. The molecule has 0 bridgehead atoms. The second-order valence-corrected chi connectivity index (χ2v) is 4.60. The lowest BCUT2D eigenvalue weighted by Crippen LogP contribution is -2.06. The molecule has 0 aliphatic heterocycles. The highest BCUT2D eigenvalue weighted by atomic mass is 35.5. The van der Waals surface area contributed by atoms with E-state index < -0.39 is 0 Å². The first-order valence-electron chi connectivity index (χ1n) is 5.40. The van der Waals surface area contributed by atoms with Crippen LogP contribution in [0.5, 0.6) is 0 Å². The summed E-state index contributed by atoms with van der Waals surface area (Å²) in [5, 5.41) is 3.81. The van der Waals surface area contributed by atoms with Gasteiger partial charge in [-0.15, -0.1) is 0 Å². The number of ketones is 1. The first-order valence-corrected chi connectivity index (χ1v) is 6.15. The molecule has 92 valence electrons. The van der Waals surface area contributed by atoms with Gasteiger partial charge in [0.1, 0.15) is 0 Å². The van der Waals surface area contributed by atoms with E-state index >= 15 is 0 Å². The van der Waals surface area contributed by atoms with Gasteiger partial charge in [-0.2, -0.15) is 0 Å². The Morgan fingerprint density at radius 2 is 1.78 bits per heavy atom. The zero-order chi connectivity index (χ0) is 13.1. The van der Waals surface area contributed by atoms with E-state index in [1.807, 2.05) is 18.2 Å². The SMILES string of the molecule is CNc1c(Cl)cc(Cl)cc1C(=O)c1ccccc1. The molecule has 2 rings (SSSR count). The molecule has 4 heteroatoms. The molecule has 0 radical (unpaired) electrons. The molecular formula is C14H11Cl2NO. The lowest BCUT2D eigenvalue weighted by atomic mass is 10.0. The van der Waals surface area contributed by atoms with Gasteiger partial charge < -0.3 is 5.32 Å². The number of carbonyl (C=O) groups is 1. The number of hydrogen-bond acceptors (Lipinski definition) is 2. The topological polar surface area (TPSA) is 29.1 Å². The molecule has 2 aromatic rings. The molecule has 0 atom stereocenters. The largest absolute Gasteiger partial charge is 0.386 e. The molecule has 0 aromatic heterocycles. The minimum absolute atomic E-state index is 0.107. The average Bonchev–Trinajstić information content (AvgIpc) is 2.38. The fraction of sp³-hybridized carbons (Fsp3) is 0.0714. The maximum Gasteiger partial charge on any atom is 0.195 e. The fourth-order valence-corrected chi connectivity index (χ4v) is 2.34. The van der Waals surface area contributed by atoms with Crippen molar-refractivity contribution >= 4 is 34.7 Å². The second kappa shape index (κ2) is 5.42. The summed E-state index contributed by atoms with van der Waals surface area (Å²) in [5.74, 6) is -0.107. The standard InChI is InChI=1S/C14H11Cl2NO/c1-17-13-11(7-10(15)8-12(13)16)14(18)9-5-3-2-4-6-9/h2-8,17H,1H3. The Morgan fingerprint density at radius 3 is 2.39 bits per heavy atom. The zero-order valence-corrected chi connectivity index (χ0v) is 11.2. The van der Waals surface area contributed by atoms with Gasteiger partial charge in [0.25, 0.3) is 0 Å². The van der Waals surface area contributed by atoms with Crippen molar-refractivity contribution in [1.82, 2.24) is 0 Å². The van der Waals surface area contributed by atoms with Crippen molar-refractivity contribution < 1.29 is 4.79 Å².